The largest absolute Gasteiger partial charge is 0.497 e. The molecule has 2 aromatic carbocycles. The SMILES string of the molecule is COc1ccc(C([C@H](C)NC(=O)C(C)(F)F)n2ncc3cc(-c4ccnn4C)ccc32)cc1. The first-order chi connectivity index (χ1) is 15.7. The lowest BCUT2D eigenvalue weighted by molar-refractivity contribution is -0.143. The average molecular weight is 453 g/mol. The minimum Gasteiger partial charge on any atom is -0.497 e. The first kappa shape index (κ1) is 22.4. The number of methoxy groups -OCH3 is 1. The highest BCUT2D eigenvalue weighted by molar-refractivity contribution is 5.85. The van der Waals surface area contributed by atoms with Gasteiger partial charge in [0.15, 0.2) is 0 Å². The van der Waals surface area contributed by atoms with Gasteiger partial charge in [0.1, 0.15) is 5.75 Å². The van der Waals surface area contributed by atoms with Crippen molar-refractivity contribution in [2.45, 2.75) is 31.9 Å². The molecule has 0 aliphatic carbocycles. The second-order valence-electron chi connectivity index (χ2n) is 8.07. The van der Waals surface area contributed by atoms with Crippen LogP contribution in [-0.4, -0.2) is 44.5 Å². The Labute approximate surface area is 190 Å². The predicted molar refractivity (Wildman–Crippen MR) is 121 cm³/mol. The van der Waals surface area contributed by atoms with E-state index in [1.807, 2.05) is 43.4 Å². The van der Waals surface area contributed by atoms with Crippen LogP contribution in [0.25, 0.3) is 22.2 Å². The van der Waals surface area contributed by atoms with Gasteiger partial charge in [0.05, 0.1) is 36.6 Å². The first-order valence-electron chi connectivity index (χ1n) is 10.5. The number of nitrogens with zero attached hydrogens (tertiary/aromatic N) is 4. The van der Waals surface area contributed by atoms with E-state index in [9.17, 15) is 13.6 Å². The number of benzene rings is 2. The van der Waals surface area contributed by atoms with Crippen LogP contribution in [0.2, 0.25) is 0 Å². The second-order valence-corrected chi connectivity index (χ2v) is 8.07. The topological polar surface area (TPSA) is 74.0 Å². The molecule has 0 saturated carbocycles. The normalized spacial score (nSPS) is 13.6. The van der Waals surface area contributed by atoms with Crippen LogP contribution in [0.15, 0.2) is 60.9 Å². The lowest BCUT2D eigenvalue weighted by Gasteiger charge is -2.27. The number of aryl methyl sites for hydroxylation is 1. The third kappa shape index (κ3) is 4.44. The van der Waals surface area contributed by atoms with Crippen LogP contribution in [0.3, 0.4) is 0 Å². The molecule has 0 radical (unpaired) electrons. The Bertz CT molecular complexity index is 1270. The lowest BCUT2D eigenvalue weighted by atomic mass is 9.99. The molecule has 172 valence electrons. The van der Waals surface area contributed by atoms with Crippen LogP contribution in [-0.2, 0) is 11.8 Å². The van der Waals surface area contributed by atoms with E-state index < -0.39 is 23.9 Å². The first-order valence-corrected chi connectivity index (χ1v) is 10.5. The summed E-state index contributed by atoms with van der Waals surface area (Å²) in [6, 6.07) is 13.9. The maximum atomic E-state index is 13.6. The molecule has 0 saturated heterocycles. The van der Waals surface area contributed by atoms with Gasteiger partial charge in [-0.05, 0) is 42.8 Å². The Morgan fingerprint density at radius 1 is 1.12 bits per heavy atom. The maximum absolute atomic E-state index is 13.6. The number of amides is 1. The molecule has 2 atom stereocenters. The molecule has 2 aromatic heterocycles. The summed E-state index contributed by atoms with van der Waals surface area (Å²) in [7, 11) is 3.44. The van der Waals surface area contributed by atoms with Crippen molar-refractivity contribution in [1.82, 2.24) is 24.9 Å². The summed E-state index contributed by atoms with van der Waals surface area (Å²) in [5.74, 6) is -4.15. The van der Waals surface area contributed by atoms with Gasteiger partial charge < -0.3 is 10.1 Å². The molecule has 1 N–H and O–H groups in total. The van der Waals surface area contributed by atoms with Gasteiger partial charge in [0.25, 0.3) is 5.91 Å². The number of aromatic nitrogens is 4. The summed E-state index contributed by atoms with van der Waals surface area (Å²) < 4.78 is 36.0. The van der Waals surface area contributed by atoms with Gasteiger partial charge in [-0.15, -0.1) is 0 Å². The highest BCUT2D eigenvalue weighted by Crippen LogP contribution is 2.30. The van der Waals surface area contributed by atoms with E-state index in [2.05, 4.69) is 15.5 Å². The Morgan fingerprint density at radius 3 is 2.45 bits per heavy atom. The number of carbonyl (C=O) groups excluding carboxylic acids is 1. The molecule has 2 heterocycles. The fourth-order valence-electron chi connectivity index (χ4n) is 3.95. The summed E-state index contributed by atoms with van der Waals surface area (Å²) in [6.45, 7) is 2.27. The van der Waals surface area contributed by atoms with Gasteiger partial charge in [-0.3, -0.25) is 14.2 Å². The van der Waals surface area contributed by atoms with Crippen LogP contribution < -0.4 is 10.1 Å². The molecule has 0 aliphatic heterocycles. The molecule has 4 aromatic rings. The van der Waals surface area contributed by atoms with E-state index in [-0.39, 0.29) is 0 Å². The molecule has 1 unspecified atom stereocenters. The van der Waals surface area contributed by atoms with Crippen LogP contribution in [0.4, 0.5) is 8.78 Å². The maximum Gasteiger partial charge on any atom is 0.321 e. The molecule has 0 bridgehead atoms. The fourth-order valence-corrected chi connectivity index (χ4v) is 3.95. The van der Waals surface area contributed by atoms with Gasteiger partial charge in [0, 0.05) is 31.1 Å². The van der Waals surface area contributed by atoms with Crippen molar-refractivity contribution in [3.63, 3.8) is 0 Å². The monoisotopic (exact) mass is 453 g/mol. The molecular weight excluding hydrogens is 428 g/mol. The highest BCUT2D eigenvalue weighted by Gasteiger charge is 2.35. The number of carbonyl (C=O) groups is 1. The Kier molecular flexibility index (Phi) is 5.88. The van der Waals surface area contributed by atoms with Gasteiger partial charge in [-0.2, -0.15) is 19.0 Å². The number of fused-ring (bicyclic) bond motifs is 1. The average Bonchev–Trinajstić information content (AvgIpc) is 3.39. The van der Waals surface area contributed by atoms with Crippen molar-refractivity contribution in [3.05, 3.63) is 66.5 Å². The Balaban J connectivity index is 1.77. The third-order valence-corrected chi connectivity index (χ3v) is 5.66. The number of halogens is 2. The summed E-state index contributed by atoms with van der Waals surface area (Å²) in [6.07, 6.45) is 3.46. The van der Waals surface area contributed by atoms with Gasteiger partial charge in [-0.1, -0.05) is 18.2 Å². The summed E-state index contributed by atoms with van der Waals surface area (Å²) in [5.41, 5.74) is 3.55. The summed E-state index contributed by atoms with van der Waals surface area (Å²) in [4.78, 5) is 12.0. The van der Waals surface area contributed by atoms with E-state index in [4.69, 9.17) is 4.74 Å². The van der Waals surface area contributed by atoms with E-state index in [1.165, 1.54) is 0 Å². The van der Waals surface area contributed by atoms with Crippen molar-refractivity contribution in [3.8, 4) is 17.0 Å². The molecule has 4 rings (SSSR count). The molecule has 0 spiro atoms. The smallest absolute Gasteiger partial charge is 0.321 e. The zero-order chi connectivity index (χ0) is 23.8. The van der Waals surface area contributed by atoms with Crippen LogP contribution >= 0.6 is 0 Å². The summed E-state index contributed by atoms with van der Waals surface area (Å²) in [5, 5.41) is 12.1. The van der Waals surface area contributed by atoms with Crippen molar-refractivity contribution < 1.29 is 18.3 Å². The summed E-state index contributed by atoms with van der Waals surface area (Å²) >= 11 is 0. The number of ether oxygens (including phenoxy) is 1. The molecule has 9 heteroatoms. The predicted octanol–water partition coefficient (Wildman–Crippen LogP) is 4.19. The third-order valence-electron chi connectivity index (χ3n) is 5.66. The fraction of sp³-hybridized carbons (Fsp3) is 0.292. The molecule has 7 nitrogen and oxygen atoms in total. The van der Waals surface area contributed by atoms with Crippen molar-refractivity contribution in [2.24, 2.45) is 7.05 Å². The van der Waals surface area contributed by atoms with E-state index in [0.29, 0.717) is 12.7 Å². The zero-order valence-electron chi connectivity index (χ0n) is 18.8. The quantitative estimate of drug-likeness (QED) is 0.455. The van der Waals surface area contributed by atoms with E-state index in [1.54, 1.807) is 47.9 Å². The Morgan fingerprint density at radius 2 is 1.85 bits per heavy atom. The number of alkyl halides is 2. The minimum atomic E-state index is -3.48. The van der Waals surface area contributed by atoms with E-state index in [0.717, 1.165) is 27.7 Å². The van der Waals surface area contributed by atoms with Crippen LogP contribution in [0.1, 0.15) is 25.5 Å². The number of hydrogen-bond donors (Lipinski definition) is 1. The van der Waals surface area contributed by atoms with Crippen LogP contribution in [0, 0.1) is 0 Å². The molecule has 0 aliphatic rings. The lowest BCUT2D eigenvalue weighted by Crippen LogP contribution is -2.46. The number of nitrogens with one attached hydrogen (secondary N) is 1. The van der Waals surface area contributed by atoms with Gasteiger partial charge in [-0.25, -0.2) is 0 Å². The van der Waals surface area contributed by atoms with Crippen molar-refractivity contribution in [1.29, 1.82) is 0 Å². The zero-order valence-corrected chi connectivity index (χ0v) is 18.8. The second kappa shape index (κ2) is 8.65. The van der Waals surface area contributed by atoms with Crippen molar-refractivity contribution >= 4 is 16.8 Å². The van der Waals surface area contributed by atoms with E-state index >= 15 is 0 Å². The number of hydrogen-bond acceptors (Lipinski definition) is 4. The minimum absolute atomic E-state index is 0.526. The standard InChI is InChI=1S/C24H25F2N5O2/c1-15(29-23(32)24(2,25)26)22(16-5-8-19(33-4)9-6-16)31-21-10-7-17(13-18(21)14-28-31)20-11-12-27-30(20)3/h5-15,22H,1-4H3,(H,29,32)/t15-,22?/m0/s1. The van der Waals surface area contributed by atoms with Crippen molar-refractivity contribution in [2.75, 3.05) is 7.11 Å². The van der Waals surface area contributed by atoms with Crippen LogP contribution in [0.5, 0.6) is 5.75 Å². The number of rotatable bonds is 7. The van der Waals surface area contributed by atoms with Gasteiger partial charge in [0.2, 0.25) is 0 Å². The highest BCUT2D eigenvalue weighted by atomic mass is 19.3. The molecule has 1 amide bonds. The molecular formula is C24H25F2N5O2. The Hall–Kier alpha value is -3.75. The van der Waals surface area contributed by atoms with Gasteiger partial charge >= 0.3 is 5.92 Å². The molecule has 33 heavy (non-hydrogen) atoms. The molecule has 0 fully saturated rings.